The molecular weight excluding hydrogens is 365 g/mol. The standard InChI is InChI=1S/C22H36BNO3Si/c1-20(2,3)28(9,10)25-15-17-14-19-16(11-12-24(19)8)13-18(17)23-26-21(4,5)22(6,7)27-23/h11-14H,15H2,1-10H3. The summed E-state index contributed by atoms with van der Waals surface area (Å²) in [5, 5.41) is 1.37. The molecule has 0 spiro atoms. The van der Waals surface area contributed by atoms with Gasteiger partial charge in [0, 0.05) is 18.8 Å². The van der Waals surface area contributed by atoms with Crippen LogP contribution in [0.5, 0.6) is 0 Å². The van der Waals surface area contributed by atoms with Crippen molar-refractivity contribution in [1.29, 1.82) is 0 Å². The molecule has 1 aliphatic heterocycles. The van der Waals surface area contributed by atoms with E-state index in [1.807, 2.05) is 0 Å². The van der Waals surface area contributed by atoms with Gasteiger partial charge in [-0.15, -0.1) is 0 Å². The average Bonchev–Trinajstić information content (AvgIpc) is 3.00. The van der Waals surface area contributed by atoms with E-state index < -0.39 is 8.32 Å². The van der Waals surface area contributed by atoms with Crippen LogP contribution in [0.2, 0.25) is 18.1 Å². The summed E-state index contributed by atoms with van der Waals surface area (Å²) in [6, 6.07) is 6.59. The summed E-state index contributed by atoms with van der Waals surface area (Å²) in [6.07, 6.45) is 2.09. The van der Waals surface area contributed by atoms with Crippen LogP contribution in [-0.2, 0) is 27.4 Å². The molecule has 4 nitrogen and oxygen atoms in total. The second-order valence-corrected chi connectivity index (χ2v) is 15.5. The Morgan fingerprint density at radius 3 is 2.18 bits per heavy atom. The summed E-state index contributed by atoms with van der Waals surface area (Å²) < 4.78 is 21.5. The van der Waals surface area contributed by atoms with Crippen molar-refractivity contribution >= 4 is 31.8 Å². The number of benzene rings is 1. The van der Waals surface area contributed by atoms with E-state index in [0.717, 1.165) is 11.0 Å². The van der Waals surface area contributed by atoms with Crippen molar-refractivity contribution < 1.29 is 13.7 Å². The zero-order valence-electron chi connectivity index (χ0n) is 19.3. The molecule has 1 aromatic heterocycles. The van der Waals surface area contributed by atoms with Gasteiger partial charge in [-0.1, -0.05) is 26.8 Å². The molecule has 0 unspecified atom stereocenters. The third kappa shape index (κ3) is 3.72. The Morgan fingerprint density at radius 1 is 1.07 bits per heavy atom. The van der Waals surface area contributed by atoms with Crippen LogP contribution in [0, 0.1) is 0 Å². The molecule has 0 N–H and O–H groups in total. The predicted molar refractivity (Wildman–Crippen MR) is 121 cm³/mol. The lowest BCUT2D eigenvalue weighted by Gasteiger charge is -2.36. The van der Waals surface area contributed by atoms with Crippen LogP contribution in [0.25, 0.3) is 10.9 Å². The second kappa shape index (κ2) is 6.73. The summed E-state index contributed by atoms with van der Waals surface area (Å²) >= 11 is 0. The fourth-order valence-corrected chi connectivity index (χ4v) is 4.12. The van der Waals surface area contributed by atoms with Gasteiger partial charge in [0.15, 0.2) is 8.32 Å². The van der Waals surface area contributed by atoms with Gasteiger partial charge in [0.25, 0.3) is 0 Å². The number of nitrogens with zero attached hydrogens (tertiary/aromatic N) is 1. The SMILES string of the molecule is Cn1ccc2cc(B3OC(C)(C)C(C)(C)O3)c(CO[Si](C)(C)C(C)(C)C)cc21. The van der Waals surface area contributed by atoms with Gasteiger partial charge in [-0.25, -0.2) is 0 Å². The molecule has 1 fully saturated rings. The first kappa shape index (κ1) is 21.6. The Morgan fingerprint density at radius 2 is 1.64 bits per heavy atom. The predicted octanol–water partition coefficient (Wildman–Crippen LogP) is 5.00. The number of hydrogen-bond acceptors (Lipinski definition) is 3. The van der Waals surface area contributed by atoms with E-state index >= 15 is 0 Å². The Balaban J connectivity index is 2.01. The molecule has 1 aromatic carbocycles. The molecule has 0 amide bonds. The number of aromatic nitrogens is 1. The Hall–Kier alpha value is -1.08. The minimum absolute atomic E-state index is 0.173. The largest absolute Gasteiger partial charge is 0.495 e. The van der Waals surface area contributed by atoms with Crippen molar-refractivity contribution in [2.75, 3.05) is 0 Å². The van der Waals surface area contributed by atoms with Gasteiger partial charge in [-0.2, -0.15) is 0 Å². The highest BCUT2D eigenvalue weighted by atomic mass is 28.4. The molecule has 0 aliphatic carbocycles. The third-order valence-electron chi connectivity index (χ3n) is 7.05. The van der Waals surface area contributed by atoms with Crippen LogP contribution in [0.3, 0.4) is 0 Å². The Bertz CT molecular complexity index is 864. The van der Waals surface area contributed by atoms with Crippen LogP contribution < -0.4 is 5.46 Å². The van der Waals surface area contributed by atoms with Gasteiger partial charge >= 0.3 is 7.12 Å². The van der Waals surface area contributed by atoms with Crippen molar-refractivity contribution in [2.45, 2.75) is 84.4 Å². The number of rotatable bonds is 4. The maximum Gasteiger partial charge on any atom is 0.495 e. The Kier molecular flexibility index (Phi) is 5.20. The summed E-state index contributed by atoms with van der Waals surface area (Å²) in [5.74, 6) is 0. The second-order valence-electron chi connectivity index (χ2n) is 10.7. The topological polar surface area (TPSA) is 32.6 Å². The summed E-state index contributed by atoms with van der Waals surface area (Å²) in [5.41, 5.74) is 2.71. The number of hydrogen-bond donors (Lipinski definition) is 0. The smallest absolute Gasteiger partial charge is 0.413 e. The molecule has 6 heteroatoms. The highest BCUT2D eigenvalue weighted by Crippen LogP contribution is 2.39. The summed E-state index contributed by atoms with van der Waals surface area (Å²) in [7, 11) is -0.163. The fraction of sp³-hybridized carbons (Fsp3) is 0.636. The highest BCUT2D eigenvalue weighted by Gasteiger charge is 2.52. The molecule has 0 atom stereocenters. The van der Waals surface area contributed by atoms with Gasteiger partial charge < -0.3 is 18.3 Å². The molecule has 154 valence electrons. The van der Waals surface area contributed by atoms with Crippen molar-refractivity contribution in [2.24, 2.45) is 7.05 Å². The van der Waals surface area contributed by atoms with E-state index in [9.17, 15) is 0 Å². The van der Waals surface area contributed by atoms with E-state index in [4.69, 9.17) is 13.7 Å². The molecular formula is C22H36BNO3Si. The lowest BCUT2D eigenvalue weighted by Crippen LogP contribution is -2.42. The zero-order chi connectivity index (χ0) is 21.1. The quantitative estimate of drug-likeness (QED) is 0.676. The lowest BCUT2D eigenvalue weighted by molar-refractivity contribution is 0.00578. The van der Waals surface area contributed by atoms with Crippen LogP contribution in [0.4, 0.5) is 0 Å². The summed E-state index contributed by atoms with van der Waals surface area (Å²) in [4.78, 5) is 0. The molecule has 2 heterocycles. The molecule has 2 aromatic rings. The Labute approximate surface area is 171 Å². The van der Waals surface area contributed by atoms with Gasteiger partial charge in [0.05, 0.1) is 17.8 Å². The highest BCUT2D eigenvalue weighted by molar-refractivity contribution is 6.74. The van der Waals surface area contributed by atoms with Crippen molar-refractivity contribution in [3.05, 3.63) is 30.0 Å². The van der Waals surface area contributed by atoms with Crippen LogP contribution in [0.1, 0.15) is 54.0 Å². The van der Waals surface area contributed by atoms with Crippen LogP contribution in [-0.4, -0.2) is 31.2 Å². The molecule has 0 bridgehead atoms. The maximum absolute atomic E-state index is 6.57. The van der Waals surface area contributed by atoms with E-state index in [1.54, 1.807) is 0 Å². The minimum atomic E-state index is -1.86. The van der Waals surface area contributed by atoms with Gasteiger partial charge in [0.1, 0.15) is 0 Å². The monoisotopic (exact) mass is 401 g/mol. The minimum Gasteiger partial charge on any atom is -0.413 e. The van der Waals surface area contributed by atoms with Crippen molar-refractivity contribution in [3.63, 3.8) is 0 Å². The third-order valence-corrected chi connectivity index (χ3v) is 11.5. The molecule has 1 saturated heterocycles. The number of fused-ring (bicyclic) bond motifs is 1. The molecule has 0 radical (unpaired) electrons. The van der Waals surface area contributed by atoms with Crippen molar-refractivity contribution in [1.82, 2.24) is 4.57 Å². The van der Waals surface area contributed by atoms with Gasteiger partial charge in [-0.05, 0) is 74.4 Å². The van der Waals surface area contributed by atoms with E-state index in [2.05, 4.69) is 97.6 Å². The maximum atomic E-state index is 6.57. The van der Waals surface area contributed by atoms with E-state index in [1.165, 1.54) is 10.9 Å². The number of aryl methyl sites for hydroxylation is 1. The first-order chi connectivity index (χ1) is 12.6. The van der Waals surface area contributed by atoms with Crippen LogP contribution in [0.15, 0.2) is 24.4 Å². The van der Waals surface area contributed by atoms with Gasteiger partial charge in [-0.3, -0.25) is 0 Å². The average molecular weight is 401 g/mol. The van der Waals surface area contributed by atoms with Crippen molar-refractivity contribution in [3.8, 4) is 0 Å². The first-order valence-electron chi connectivity index (χ1n) is 10.2. The normalized spacial score (nSPS) is 19.6. The van der Waals surface area contributed by atoms with Crippen LogP contribution >= 0.6 is 0 Å². The van der Waals surface area contributed by atoms with E-state index in [0.29, 0.717) is 6.61 Å². The fourth-order valence-electron chi connectivity index (χ4n) is 3.17. The first-order valence-corrected chi connectivity index (χ1v) is 13.1. The summed E-state index contributed by atoms with van der Waals surface area (Å²) in [6.45, 7) is 20.4. The lowest BCUT2D eigenvalue weighted by atomic mass is 9.75. The molecule has 1 aliphatic rings. The zero-order valence-corrected chi connectivity index (χ0v) is 20.3. The molecule has 3 rings (SSSR count). The molecule has 28 heavy (non-hydrogen) atoms. The van der Waals surface area contributed by atoms with E-state index in [-0.39, 0.29) is 23.4 Å². The van der Waals surface area contributed by atoms with Gasteiger partial charge in [0.2, 0.25) is 0 Å². The molecule has 0 saturated carbocycles.